The number of hydrogen-bond donors (Lipinski definition) is 2. The Bertz CT molecular complexity index is 1290. The molecule has 1 aliphatic heterocycles. The van der Waals surface area contributed by atoms with Gasteiger partial charge in [0, 0.05) is 18.0 Å². The van der Waals surface area contributed by atoms with Gasteiger partial charge in [0.25, 0.3) is 5.91 Å². The van der Waals surface area contributed by atoms with Crippen LogP contribution in [0.4, 0.5) is 5.69 Å². The van der Waals surface area contributed by atoms with Crippen LogP contribution in [0.5, 0.6) is 11.5 Å². The summed E-state index contributed by atoms with van der Waals surface area (Å²) >= 11 is 12.3. The Kier molecular flexibility index (Phi) is 7.55. The molecule has 7 nitrogen and oxygen atoms in total. The van der Waals surface area contributed by atoms with Crippen LogP contribution < -0.4 is 20.3 Å². The molecule has 9 heteroatoms. The van der Waals surface area contributed by atoms with Gasteiger partial charge in [0.15, 0.2) is 11.5 Å². The summed E-state index contributed by atoms with van der Waals surface area (Å²) in [6.07, 6.45) is 9.22. The number of nitrogens with zero attached hydrogens (tertiary/aromatic N) is 1. The highest BCUT2D eigenvalue weighted by atomic mass is 35.5. The van der Waals surface area contributed by atoms with Crippen LogP contribution in [0.25, 0.3) is 5.70 Å². The summed E-state index contributed by atoms with van der Waals surface area (Å²) in [5.41, 5.74) is 4.82. The van der Waals surface area contributed by atoms with Gasteiger partial charge in [0.05, 0.1) is 27.5 Å². The number of anilines is 1. The number of hydroxylamine groups is 1. The number of benzene rings is 2. The number of amides is 1. The minimum Gasteiger partial charge on any atom is -0.487 e. The largest absolute Gasteiger partial charge is 0.487 e. The van der Waals surface area contributed by atoms with E-state index < -0.39 is 5.60 Å². The van der Waals surface area contributed by atoms with Crippen LogP contribution >= 0.6 is 23.2 Å². The second-order valence-electron chi connectivity index (χ2n) is 9.35. The lowest BCUT2D eigenvalue weighted by Crippen LogP contribution is -2.33. The SMILES string of the molecule is CC1(COc2cc(C(=O)Nc3c(Cl)cncc3Cl)ccc2OC2CCCC2)C=C(c2ccccc2)NO1. The molecule has 1 aromatic heterocycles. The zero-order valence-corrected chi connectivity index (χ0v) is 21.8. The smallest absolute Gasteiger partial charge is 0.255 e. The maximum atomic E-state index is 13.1. The van der Waals surface area contributed by atoms with Crippen molar-refractivity contribution in [3.63, 3.8) is 0 Å². The molecule has 1 unspecified atom stereocenters. The minimum atomic E-state index is -0.730. The Morgan fingerprint density at radius 3 is 2.57 bits per heavy atom. The van der Waals surface area contributed by atoms with Gasteiger partial charge in [-0.25, -0.2) is 0 Å². The lowest BCUT2D eigenvalue weighted by molar-refractivity contribution is -0.0478. The summed E-state index contributed by atoms with van der Waals surface area (Å²) in [7, 11) is 0. The molecule has 1 atom stereocenters. The first-order valence-electron chi connectivity index (χ1n) is 12.2. The number of halogens is 2. The molecule has 0 spiro atoms. The second kappa shape index (κ2) is 11.0. The highest BCUT2D eigenvalue weighted by molar-refractivity contribution is 6.39. The van der Waals surface area contributed by atoms with E-state index in [4.69, 9.17) is 37.5 Å². The van der Waals surface area contributed by atoms with Crippen molar-refractivity contribution in [1.29, 1.82) is 0 Å². The van der Waals surface area contributed by atoms with Crippen LogP contribution in [0.3, 0.4) is 0 Å². The summed E-state index contributed by atoms with van der Waals surface area (Å²) in [5.74, 6) is 0.659. The number of carbonyl (C=O) groups excluding carboxylic acids is 1. The summed E-state index contributed by atoms with van der Waals surface area (Å²) < 4.78 is 12.5. The molecular weight excluding hydrogens is 513 g/mol. The van der Waals surface area contributed by atoms with Crippen LogP contribution in [-0.2, 0) is 4.84 Å². The van der Waals surface area contributed by atoms with Gasteiger partial charge in [-0.05, 0) is 62.4 Å². The molecule has 1 aliphatic carbocycles. The molecule has 37 heavy (non-hydrogen) atoms. The minimum absolute atomic E-state index is 0.126. The molecule has 2 aromatic carbocycles. The maximum Gasteiger partial charge on any atom is 0.255 e. The zero-order valence-electron chi connectivity index (χ0n) is 20.3. The quantitative estimate of drug-likeness (QED) is 0.332. The highest BCUT2D eigenvalue weighted by Gasteiger charge is 2.32. The van der Waals surface area contributed by atoms with E-state index in [1.807, 2.05) is 43.3 Å². The molecule has 2 aliphatic rings. The first-order valence-corrected chi connectivity index (χ1v) is 12.9. The van der Waals surface area contributed by atoms with Gasteiger partial charge in [-0.15, -0.1) is 0 Å². The number of nitrogens with one attached hydrogen (secondary N) is 2. The summed E-state index contributed by atoms with van der Waals surface area (Å²) in [5, 5.41) is 3.26. The molecule has 0 bridgehead atoms. The van der Waals surface area contributed by atoms with E-state index in [2.05, 4.69) is 15.8 Å². The molecular formula is C28H27Cl2N3O4. The van der Waals surface area contributed by atoms with E-state index in [-0.39, 0.29) is 28.7 Å². The molecule has 1 amide bonds. The summed E-state index contributed by atoms with van der Waals surface area (Å²) in [6, 6.07) is 15.0. The normalized spacial score (nSPS) is 19.3. The third kappa shape index (κ3) is 6.01. The monoisotopic (exact) mass is 539 g/mol. The van der Waals surface area contributed by atoms with Crippen LogP contribution in [-0.4, -0.2) is 29.2 Å². The van der Waals surface area contributed by atoms with Crippen LogP contribution in [0.1, 0.15) is 48.5 Å². The van der Waals surface area contributed by atoms with E-state index >= 15 is 0 Å². The lowest BCUT2D eigenvalue weighted by atomic mass is 10.0. The molecule has 192 valence electrons. The number of hydrogen-bond acceptors (Lipinski definition) is 6. The molecule has 1 saturated carbocycles. The Labute approximate surface area is 225 Å². The van der Waals surface area contributed by atoms with E-state index in [1.54, 1.807) is 18.2 Å². The second-order valence-corrected chi connectivity index (χ2v) is 10.2. The molecule has 3 aromatic rings. The number of carbonyl (C=O) groups is 1. The fourth-order valence-electron chi connectivity index (χ4n) is 4.35. The predicted molar refractivity (Wildman–Crippen MR) is 144 cm³/mol. The van der Waals surface area contributed by atoms with Gasteiger partial charge in [-0.2, -0.15) is 0 Å². The van der Waals surface area contributed by atoms with E-state index in [1.165, 1.54) is 12.4 Å². The van der Waals surface area contributed by atoms with Crippen molar-refractivity contribution in [2.24, 2.45) is 0 Å². The standard InChI is InChI=1S/C28H27Cl2N3O4/c1-28(14-23(33-37-28)18-7-3-2-4-8-18)17-35-25-13-19(11-12-24(25)36-20-9-5-6-10-20)27(34)32-26-21(29)15-31-16-22(26)30/h2-4,7-8,11-16,20,33H,5-6,9-10,17H2,1H3,(H,31,32,34). The number of pyridine rings is 1. The summed E-state index contributed by atoms with van der Waals surface area (Å²) in [6.45, 7) is 2.13. The molecule has 0 saturated heterocycles. The van der Waals surface area contributed by atoms with Gasteiger partial charge < -0.3 is 14.8 Å². The van der Waals surface area contributed by atoms with Gasteiger partial charge in [0.2, 0.25) is 0 Å². The number of aromatic nitrogens is 1. The number of ether oxygens (including phenoxy) is 2. The van der Waals surface area contributed by atoms with Crippen molar-refractivity contribution in [2.45, 2.75) is 44.3 Å². The van der Waals surface area contributed by atoms with Gasteiger partial charge in [-0.1, -0.05) is 53.5 Å². The number of rotatable bonds is 8. The van der Waals surface area contributed by atoms with Gasteiger partial charge in [0.1, 0.15) is 12.2 Å². The topological polar surface area (TPSA) is 81.7 Å². The first kappa shape index (κ1) is 25.4. The third-order valence-electron chi connectivity index (χ3n) is 6.34. The Morgan fingerprint density at radius 2 is 1.84 bits per heavy atom. The average molecular weight is 540 g/mol. The fourth-order valence-corrected chi connectivity index (χ4v) is 4.81. The van der Waals surface area contributed by atoms with E-state index in [0.717, 1.165) is 36.9 Å². The van der Waals surface area contributed by atoms with Crippen molar-refractivity contribution >= 4 is 40.5 Å². The predicted octanol–water partition coefficient (Wildman–Crippen LogP) is 6.68. The van der Waals surface area contributed by atoms with Crippen LogP contribution in [0, 0.1) is 0 Å². The van der Waals surface area contributed by atoms with Crippen molar-refractivity contribution in [3.8, 4) is 11.5 Å². The van der Waals surface area contributed by atoms with Crippen molar-refractivity contribution in [1.82, 2.24) is 10.5 Å². The Hall–Kier alpha value is -3.26. The summed E-state index contributed by atoms with van der Waals surface area (Å²) in [4.78, 5) is 22.8. The van der Waals surface area contributed by atoms with Crippen molar-refractivity contribution in [3.05, 3.63) is 88.2 Å². The third-order valence-corrected chi connectivity index (χ3v) is 6.91. The van der Waals surface area contributed by atoms with Gasteiger partial charge in [-0.3, -0.25) is 20.1 Å². The molecule has 0 radical (unpaired) electrons. The molecule has 2 heterocycles. The fraction of sp³-hybridized carbons (Fsp3) is 0.286. The van der Waals surface area contributed by atoms with Gasteiger partial charge >= 0.3 is 0 Å². The Morgan fingerprint density at radius 1 is 1.11 bits per heavy atom. The molecule has 5 rings (SSSR count). The maximum absolute atomic E-state index is 13.1. The first-order chi connectivity index (χ1) is 17.9. The molecule has 2 N–H and O–H groups in total. The van der Waals surface area contributed by atoms with E-state index in [9.17, 15) is 4.79 Å². The van der Waals surface area contributed by atoms with Crippen LogP contribution in [0.15, 0.2) is 67.0 Å². The van der Waals surface area contributed by atoms with Crippen LogP contribution in [0.2, 0.25) is 10.0 Å². The zero-order chi connectivity index (χ0) is 25.8. The Balaban J connectivity index is 1.36. The lowest BCUT2D eigenvalue weighted by Gasteiger charge is -2.23. The van der Waals surface area contributed by atoms with Crippen molar-refractivity contribution in [2.75, 3.05) is 11.9 Å². The average Bonchev–Trinajstić information content (AvgIpc) is 3.56. The van der Waals surface area contributed by atoms with Crippen molar-refractivity contribution < 1.29 is 19.1 Å². The van der Waals surface area contributed by atoms with E-state index in [0.29, 0.717) is 22.7 Å². The molecule has 1 fully saturated rings. The highest BCUT2D eigenvalue weighted by Crippen LogP contribution is 2.35.